The van der Waals surface area contributed by atoms with Gasteiger partial charge in [-0.25, -0.2) is 0 Å². The van der Waals surface area contributed by atoms with E-state index < -0.39 is 0 Å². The van der Waals surface area contributed by atoms with Gasteiger partial charge in [0.2, 0.25) is 0 Å². The van der Waals surface area contributed by atoms with Crippen LogP contribution < -0.4 is 0 Å². The quantitative estimate of drug-likeness (QED) is 0.779. The van der Waals surface area contributed by atoms with E-state index in [2.05, 4.69) is 41.9 Å². The maximum atomic E-state index is 12.4. The summed E-state index contributed by atoms with van der Waals surface area (Å²) in [5.74, 6) is 0.0856. The minimum atomic E-state index is -0.361. The predicted molar refractivity (Wildman–Crippen MR) is 94.3 cm³/mol. The number of carbonyl (C=O) groups is 1. The fourth-order valence-electron chi connectivity index (χ4n) is 2.85. The topological polar surface area (TPSA) is 29.5 Å². The Bertz CT molecular complexity index is 713. The Kier molecular flexibility index (Phi) is 4.55. The van der Waals surface area contributed by atoms with Crippen LogP contribution in [0.25, 0.3) is 0 Å². The third-order valence-corrected chi connectivity index (χ3v) is 4.74. The van der Waals surface area contributed by atoms with Crippen molar-refractivity contribution in [3.63, 3.8) is 0 Å². The van der Waals surface area contributed by atoms with Crippen LogP contribution in [-0.4, -0.2) is 24.0 Å². The summed E-state index contributed by atoms with van der Waals surface area (Å²) in [7, 11) is 0. The zero-order valence-corrected chi connectivity index (χ0v) is 15.0. The van der Waals surface area contributed by atoms with Gasteiger partial charge in [0.1, 0.15) is 0 Å². The molecule has 0 fully saturated rings. The average molecular weight is 374 g/mol. The van der Waals surface area contributed by atoms with Gasteiger partial charge in [-0.15, -0.1) is 0 Å². The molecule has 1 heterocycles. The molecule has 1 aliphatic heterocycles. The SMILES string of the molecule is CC(C)(OCCN1Cc2ccc(Br)cc2C1=O)c1ccccc1. The first kappa shape index (κ1) is 16.2. The molecule has 1 amide bonds. The van der Waals surface area contributed by atoms with Crippen LogP contribution in [0.2, 0.25) is 0 Å². The van der Waals surface area contributed by atoms with Gasteiger partial charge in [-0.2, -0.15) is 0 Å². The van der Waals surface area contributed by atoms with Crippen molar-refractivity contribution in [3.8, 4) is 0 Å². The van der Waals surface area contributed by atoms with Gasteiger partial charge in [-0.05, 0) is 37.1 Å². The monoisotopic (exact) mass is 373 g/mol. The molecule has 0 saturated carbocycles. The van der Waals surface area contributed by atoms with Gasteiger partial charge in [0, 0.05) is 23.1 Å². The van der Waals surface area contributed by atoms with Crippen LogP contribution >= 0.6 is 15.9 Å². The molecule has 0 radical (unpaired) electrons. The molecule has 1 aliphatic rings. The van der Waals surface area contributed by atoms with Crippen LogP contribution in [0.4, 0.5) is 0 Å². The van der Waals surface area contributed by atoms with Crippen molar-refractivity contribution in [1.82, 2.24) is 4.90 Å². The molecule has 3 nitrogen and oxygen atoms in total. The highest BCUT2D eigenvalue weighted by atomic mass is 79.9. The summed E-state index contributed by atoms with van der Waals surface area (Å²) >= 11 is 3.42. The number of halogens is 1. The Labute approximate surface area is 145 Å². The molecule has 2 aromatic carbocycles. The predicted octanol–water partition coefficient (Wildman–Crippen LogP) is 4.36. The summed E-state index contributed by atoms with van der Waals surface area (Å²) in [4.78, 5) is 14.3. The van der Waals surface area contributed by atoms with Crippen molar-refractivity contribution < 1.29 is 9.53 Å². The van der Waals surface area contributed by atoms with Crippen LogP contribution in [0.5, 0.6) is 0 Å². The molecule has 4 heteroatoms. The van der Waals surface area contributed by atoms with E-state index in [-0.39, 0.29) is 11.5 Å². The zero-order chi connectivity index (χ0) is 16.4. The number of benzene rings is 2. The number of ether oxygens (including phenoxy) is 1. The highest BCUT2D eigenvalue weighted by Gasteiger charge is 2.28. The number of nitrogens with zero attached hydrogens (tertiary/aromatic N) is 1. The van der Waals surface area contributed by atoms with E-state index in [4.69, 9.17) is 4.74 Å². The van der Waals surface area contributed by atoms with E-state index in [0.717, 1.165) is 21.2 Å². The number of fused-ring (bicyclic) bond motifs is 1. The van der Waals surface area contributed by atoms with Crippen LogP contribution in [0, 0.1) is 0 Å². The van der Waals surface area contributed by atoms with Crippen molar-refractivity contribution >= 4 is 21.8 Å². The Morgan fingerprint density at radius 3 is 2.65 bits per heavy atom. The second-order valence-corrected chi connectivity index (χ2v) is 7.17. The molecule has 120 valence electrons. The first-order valence-corrected chi connectivity index (χ1v) is 8.54. The van der Waals surface area contributed by atoms with Gasteiger partial charge in [0.25, 0.3) is 5.91 Å². The second kappa shape index (κ2) is 6.46. The molecule has 0 aromatic heterocycles. The zero-order valence-electron chi connectivity index (χ0n) is 13.4. The fourth-order valence-corrected chi connectivity index (χ4v) is 3.21. The Morgan fingerprint density at radius 1 is 1.17 bits per heavy atom. The minimum absolute atomic E-state index is 0.0856. The molecule has 0 aliphatic carbocycles. The van der Waals surface area contributed by atoms with Crippen LogP contribution in [0.3, 0.4) is 0 Å². The van der Waals surface area contributed by atoms with E-state index in [9.17, 15) is 4.79 Å². The summed E-state index contributed by atoms with van der Waals surface area (Å²) in [6.45, 7) is 5.89. The number of hydrogen-bond donors (Lipinski definition) is 0. The molecule has 23 heavy (non-hydrogen) atoms. The molecule has 0 saturated heterocycles. The lowest BCUT2D eigenvalue weighted by molar-refractivity contribution is -0.0288. The summed E-state index contributed by atoms with van der Waals surface area (Å²) in [6.07, 6.45) is 0. The van der Waals surface area contributed by atoms with Crippen molar-refractivity contribution in [2.24, 2.45) is 0 Å². The molecule has 0 spiro atoms. The molecular formula is C19H20BrNO2. The van der Waals surface area contributed by atoms with Crippen LogP contribution in [0.15, 0.2) is 53.0 Å². The second-order valence-electron chi connectivity index (χ2n) is 6.25. The summed E-state index contributed by atoms with van der Waals surface area (Å²) in [6, 6.07) is 16.0. The maximum Gasteiger partial charge on any atom is 0.254 e. The van der Waals surface area contributed by atoms with E-state index in [1.54, 1.807) is 0 Å². The van der Waals surface area contributed by atoms with E-state index in [1.165, 1.54) is 0 Å². The number of amides is 1. The number of carbonyl (C=O) groups excluding carboxylic acids is 1. The standard InChI is InChI=1S/C19H20BrNO2/c1-19(2,15-6-4-3-5-7-15)23-11-10-21-13-14-8-9-16(20)12-17(14)18(21)22/h3-9,12H,10-11,13H2,1-2H3. The highest BCUT2D eigenvalue weighted by Crippen LogP contribution is 2.27. The largest absolute Gasteiger partial charge is 0.369 e. The highest BCUT2D eigenvalue weighted by molar-refractivity contribution is 9.10. The Morgan fingerprint density at radius 2 is 1.91 bits per heavy atom. The lowest BCUT2D eigenvalue weighted by atomic mass is 9.98. The minimum Gasteiger partial charge on any atom is -0.369 e. The molecular weight excluding hydrogens is 354 g/mol. The number of rotatable bonds is 5. The van der Waals surface area contributed by atoms with Crippen molar-refractivity contribution in [2.75, 3.05) is 13.2 Å². The van der Waals surface area contributed by atoms with Crippen molar-refractivity contribution in [2.45, 2.75) is 26.0 Å². The Balaban J connectivity index is 1.59. The molecule has 0 N–H and O–H groups in total. The molecule has 2 aromatic rings. The number of hydrogen-bond acceptors (Lipinski definition) is 2. The van der Waals surface area contributed by atoms with E-state index >= 15 is 0 Å². The summed E-state index contributed by atoms with van der Waals surface area (Å²) < 4.78 is 6.98. The summed E-state index contributed by atoms with van der Waals surface area (Å²) in [5, 5.41) is 0. The summed E-state index contributed by atoms with van der Waals surface area (Å²) in [5.41, 5.74) is 2.65. The molecule has 3 rings (SSSR count). The van der Waals surface area contributed by atoms with Gasteiger partial charge in [-0.3, -0.25) is 4.79 Å². The fraction of sp³-hybridized carbons (Fsp3) is 0.316. The van der Waals surface area contributed by atoms with Gasteiger partial charge in [0.05, 0.1) is 12.2 Å². The lowest BCUT2D eigenvalue weighted by Crippen LogP contribution is -2.31. The van der Waals surface area contributed by atoms with Gasteiger partial charge >= 0.3 is 0 Å². The van der Waals surface area contributed by atoms with Gasteiger partial charge < -0.3 is 9.64 Å². The molecule has 0 unspecified atom stereocenters. The van der Waals surface area contributed by atoms with Crippen LogP contribution in [-0.2, 0) is 16.9 Å². The lowest BCUT2D eigenvalue weighted by Gasteiger charge is -2.27. The third-order valence-electron chi connectivity index (χ3n) is 4.24. The van der Waals surface area contributed by atoms with Gasteiger partial charge in [0.15, 0.2) is 0 Å². The van der Waals surface area contributed by atoms with E-state index in [0.29, 0.717) is 19.7 Å². The smallest absolute Gasteiger partial charge is 0.254 e. The third kappa shape index (κ3) is 3.48. The van der Waals surface area contributed by atoms with Crippen molar-refractivity contribution in [1.29, 1.82) is 0 Å². The normalized spacial score (nSPS) is 14.2. The molecule has 0 bridgehead atoms. The first-order valence-electron chi connectivity index (χ1n) is 7.74. The van der Waals surface area contributed by atoms with Crippen LogP contribution in [0.1, 0.15) is 35.3 Å². The average Bonchev–Trinajstić information content (AvgIpc) is 2.84. The Hall–Kier alpha value is -1.65. The van der Waals surface area contributed by atoms with E-state index in [1.807, 2.05) is 41.3 Å². The maximum absolute atomic E-state index is 12.4. The van der Waals surface area contributed by atoms with Crippen molar-refractivity contribution in [3.05, 3.63) is 69.7 Å². The first-order chi connectivity index (χ1) is 11.0. The molecule has 0 atom stereocenters. The van der Waals surface area contributed by atoms with Gasteiger partial charge in [-0.1, -0.05) is 52.3 Å².